The number of nitrogens with one attached hydrogen (secondary N) is 1. The van der Waals surface area contributed by atoms with E-state index in [2.05, 4.69) is 5.32 Å². The minimum Gasteiger partial charge on any atom is -0.480 e. The van der Waals surface area contributed by atoms with Crippen LogP contribution in [0.15, 0.2) is 0 Å². The monoisotopic (exact) mass is 215 g/mol. The Labute approximate surface area is 88.5 Å². The van der Waals surface area contributed by atoms with Gasteiger partial charge in [-0.3, -0.25) is 14.9 Å². The fourth-order valence-corrected chi connectivity index (χ4v) is 2.28. The standard InChI is InChI=1S/C10H17NO4/c1-6(2)4-10(8(14)15)5-9(3,11-10)7(12)13/h6,11H,4-5H2,1-3H3,(H,12,13)(H,14,15). The summed E-state index contributed by atoms with van der Waals surface area (Å²) in [6.45, 7) is 5.35. The number of hydrogen-bond donors (Lipinski definition) is 3. The van der Waals surface area contributed by atoms with Gasteiger partial charge in [-0.15, -0.1) is 0 Å². The molecule has 0 bridgehead atoms. The van der Waals surface area contributed by atoms with E-state index >= 15 is 0 Å². The summed E-state index contributed by atoms with van der Waals surface area (Å²) in [5.74, 6) is -1.75. The topological polar surface area (TPSA) is 86.6 Å². The zero-order valence-electron chi connectivity index (χ0n) is 9.20. The van der Waals surface area contributed by atoms with Crippen LogP contribution in [-0.4, -0.2) is 33.2 Å². The Bertz CT molecular complexity index is 292. The summed E-state index contributed by atoms with van der Waals surface area (Å²) in [4.78, 5) is 21.9. The number of carbonyl (C=O) groups is 2. The summed E-state index contributed by atoms with van der Waals surface area (Å²) in [6.07, 6.45) is 0.591. The molecule has 0 amide bonds. The predicted octanol–water partition coefficient (Wildman–Crippen LogP) is 0.692. The van der Waals surface area contributed by atoms with Gasteiger partial charge >= 0.3 is 11.9 Å². The van der Waals surface area contributed by atoms with Gasteiger partial charge in [0, 0.05) is 6.42 Å². The number of carboxylic acids is 2. The minimum absolute atomic E-state index is 0.142. The summed E-state index contributed by atoms with van der Waals surface area (Å²) in [7, 11) is 0. The zero-order valence-corrected chi connectivity index (χ0v) is 9.20. The molecule has 1 rings (SSSR count). The second kappa shape index (κ2) is 3.48. The lowest BCUT2D eigenvalue weighted by atomic mass is 9.69. The van der Waals surface area contributed by atoms with Crippen LogP contribution in [0.1, 0.15) is 33.6 Å². The third-order valence-electron chi connectivity index (χ3n) is 2.81. The third-order valence-corrected chi connectivity index (χ3v) is 2.81. The molecular formula is C10H17NO4. The highest BCUT2D eigenvalue weighted by Gasteiger charge is 2.60. The Morgan fingerprint density at radius 3 is 2.07 bits per heavy atom. The van der Waals surface area contributed by atoms with Gasteiger partial charge in [-0.2, -0.15) is 0 Å². The minimum atomic E-state index is -1.09. The van der Waals surface area contributed by atoms with Crippen molar-refractivity contribution in [3.05, 3.63) is 0 Å². The maximum absolute atomic E-state index is 11.1. The fourth-order valence-electron chi connectivity index (χ4n) is 2.28. The second-order valence-electron chi connectivity index (χ2n) is 4.92. The second-order valence-corrected chi connectivity index (χ2v) is 4.92. The summed E-state index contributed by atoms with van der Waals surface area (Å²) < 4.78 is 0. The fraction of sp³-hybridized carbons (Fsp3) is 0.800. The van der Waals surface area contributed by atoms with Gasteiger partial charge in [0.1, 0.15) is 11.1 Å². The quantitative estimate of drug-likeness (QED) is 0.642. The molecule has 5 nitrogen and oxygen atoms in total. The first kappa shape index (κ1) is 12.0. The lowest BCUT2D eigenvalue weighted by Crippen LogP contribution is -2.77. The van der Waals surface area contributed by atoms with Gasteiger partial charge < -0.3 is 10.2 Å². The van der Waals surface area contributed by atoms with E-state index in [0.29, 0.717) is 6.42 Å². The molecule has 0 radical (unpaired) electrons. The zero-order chi connectivity index (χ0) is 11.9. The van der Waals surface area contributed by atoms with Crippen LogP contribution in [0.2, 0.25) is 0 Å². The summed E-state index contributed by atoms with van der Waals surface area (Å²) in [6, 6.07) is 0. The van der Waals surface area contributed by atoms with Crippen molar-refractivity contribution >= 4 is 11.9 Å². The summed E-state index contributed by atoms with van der Waals surface area (Å²) in [5, 5.41) is 20.7. The Morgan fingerprint density at radius 1 is 1.33 bits per heavy atom. The van der Waals surface area contributed by atoms with Crippen molar-refractivity contribution in [2.45, 2.75) is 44.7 Å². The van der Waals surface area contributed by atoms with E-state index in [9.17, 15) is 9.59 Å². The molecule has 1 heterocycles. The molecule has 5 heteroatoms. The summed E-state index contributed by atoms with van der Waals surface area (Å²) in [5.41, 5.74) is -2.14. The molecule has 1 saturated heterocycles. The molecule has 1 aliphatic heterocycles. The first-order valence-electron chi connectivity index (χ1n) is 4.98. The number of carboxylic acid groups (broad SMARTS) is 2. The van der Waals surface area contributed by atoms with Crippen molar-refractivity contribution < 1.29 is 19.8 Å². The molecule has 0 aromatic rings. The van der Waals surface area contributed by atoms with Crippen LogP contribution in [0.4, 0.5) is 0 Å². The lowest BCUT2D eigenvalue weighted by molar-refractivity contribution is -0.165. The van der Waals surface area contributed by atoms with Crippen LogP contribution in [-0.2, 0) is 9.59 Å². The number of hydrogen-bond acceptors (Lipinski definition) is 3. The summed E-state index contributed by atoms with van der Waals surface area (Å²) >= 11 is 0. The molecule has 2 atom stereocenters. The van der Waals surface area contributed by atoms with Gasteiger partial charge in [-0.25, -0.2) is 0 Å². The van der Waals surface area contributed by atoms with Crippen LogP contribution >= 0.6 is 0 Å². The molecule has 0 spiro atoms. The normalized spacial score (nSPS) is 34.9. The van der Waals surface area contributed by atoms with E-state index in [4.69, 9.17) is 10.2 Å². The van der Waals surface area contributed by atoms with Gasteiger partial charge in [-0.05, 0) is 19.3 Å². The van der Waals surface area contributed by atoms with Crippen LogP contribution in [0.5, 0.6) is 0 Å². The molecule has 3 N–H and O–H groups in total. The Balaban J connectivity index is 2.77. The van der Waals surface area contributed by atoms with Crippen LogP contribution < -0.4 is 5.32 Å². The van der Waals surface area contributed by atoms with E-state index in [-0.39, 0.29) is 12.3 Å². The van der Waals surface area contributed by atoms with Crippen molar-refractivity contribution in [2.24, 2.45) is 5.92 Å². The molecule has 15 heavy (non-hydrogen) atoms. The van der Waals surface area contributed by atoms with Gasteiger partial charge in [0.05, 0.1) is 0 Å². The van der Waals surface area contributed by atoms with Crippen molar-refractivity contribution in [2.75, 3.05) is 0 Å². The van der Waals surface area contributed by atoms with E-state index < -0.39 is 23.0 Å². The van der Waals surface area contributed by atoms with Gasteiger partial charge in [-0.1, -0.05) is 13.8 Å². The molecule has 0 aliphatic carbocycles. The first-order valence-corrected chi connectivity index (χ1v) is 4.98. The third kappa shape index (κ3) is 1.97. The van der Waals surface area contributed by atoms with Crippen molar-refractivity contribution in [3.63, 3.8) is 0 Å². The van der Waals surface area contributed by atoms with Crippen molar-refractivity contribution in [1.82, 2.24) is 5.32 Å². The lowest BCUT2D eigenvalue weighted by Gasteiger charge is -2.51. The molecule has 86 valence electrons. The highest BCUT2D eigenvalue weighted by atomic mass is 16.4. The molecule has 0 aromatic carbocycles. The number of aliphatic carboxylic acids is 2. The van der Waals surface area contributed by atoms with Gasteiger partial charge in [0.25, 0.3) is 0 Å². The Morgan fingerprint density at radius 2 is 1.80 bits per heavy atom. The maximum Gasteiger partial charge on any atom is 0.324 e. The predicted molar refractivity (Wildman–Crippen MR) is 53.6 cm³/mol. The van der Waals surface area contributed by atoms with E-state index in [1.807, 2.05) is 13.8 Å². The van der Waals surface area contributed by atoms with Crippen LogP contribution in [0.25, 0.3) is 0 Å². The average molecular weight is 215 g/mol. The first-order chi connectivity index (χ1) is 6.72. The van der Waals surface area contributed by atoms with Crippen molar-refractivity contribution in [3.8, 4) is 0 Å². The highest BCUT2D eigenvalue weighted by molar-refractivity contribution is 5.88. The van der Waals surface area contributed by atoms with E-state index in [0.717, 1.165) is 0 Å². The highest BCUT2D eigenvalue weighted by Crippen LogP contribution is 2.38. The van der Waals surface area contributed by atoms with Crippen LogP contribution in [0.3, 0.4) is 0 Å². The average Bonchev–Trinajstić information content (AvgIpc) is 1.98. The number of rotatable bonds is 4. The van der Waals surface area contributed by atoms with E-state index in [1.54, 1.807) is 0 Å². The maximum atomic E-state index is 11.1. The molecular weight excluding hydrogens is 198 g/mol. The smallest absolute Gasteiger partial charge is 0.324 e. The van der Waals surface area contributed by atoms with Gasteiger partial charge in [0.15, 0.2) is 0 Å². The SMILES string of the molecule is CC(C)CC1(C(=O)O)CC(C)(C(=O)O)N1. The Hall–Kier alpha value is -1.10. The molecule has 0 aromatic heterocycles. The van der Waals surface area contributed by atoms with E-state index in [1.165, 1.54) is 6.92 Å². The van der Waals surface area contributed by atoms with Crippen molar-refractivity contribution in [1.29, 1.82) is 0 Å². The molecule has 2 unspecified atom stereocenters. The van der Waals surface area contributed by atoms with Gasteiger partial charge in [0.2, 0.25) is 0 Å². The largest absolute Gasteiger partial charge is 0.480 e. The van der Waals surface area contributed by atoms with Crippen LogP contribution in [0, 0.1) is 5.92 Å². The Kier molecular flexibility index (Phi) is 2.78. The molecule has 1 aliphatic rings. The molecule has 1 fully saturated rings. The molecule has 0 saturated carbocycles.